The van der Waals surface area contributed by atoms with Crippen LogP contribution in [0.5, 0.6) is 5.75 Å². The van der Waals surface area contributed by atoms with Gasteiger partial charge in [0, 0.05) is 17.5 Å². The molecule has 0 spiro atoms. The highest BCUT2D eigenvalue weighted by molar-refractivity contribution is 6.34. The van der Waals surface area contributed by atoms with Crippen LogP contribution in [-0.2, 0) is 32.1 Å². The molecule has 2 unspecified atom stereocenters. The van der Waals surface area contributed by atoms with Crippen LogP contribution in [0.15, 0.2) is 6.07 Å². The van der Waals surface area contributed by atoms with Gasteiger partial charge in [0.25, 0.3) is 0 Å². The van der Waals surface area contributed by atoms with E-state index in [1.54, 1.807) is 14.1 Å². The molecule has 3 fully saturated rings. The van der Waals surface area contributed by atoms with E-state index in [9.17, 15) is 34.2 Å². The number of nitrogens with zero attached hydrogens (tertiary/aromatic N) is 1. The lowest BCUT2D eigenvalue weighted by Crippen LogP contribution is -2.74. The fourth-order valence-electron chi connectivity index (χ4n) is 7.64. The van der Waals surface area contributed by atoms with Gasteiger partial charge in [0.05, 0.1) is 17.5 Å². The molecule has 0 heterocycles. The lowest BCUT2D eigenvalue weighted by Gasteiger charge is -2.52. The molecule has 0 aliphatic heterocycles. The lowest BCUT2D eigenvalue weighted by molar-refractivity contribution is -0.181. The highest BCUT2D eigenvalue weighted by atomic mass is 35.5. The van der Waals surface area contributed by atoms with Gasteiger partial charge in [-0.15, -0.1) is 0 Å². The number of aromatic hydroxyl groups is 1. The maximum atomic E-state index is 13.8. The molecule has 1 amide bonds. The van der Waals surface area contributed by atoms with E-state index in [0.717, 1.165) is 6.54 Å². The van der Waals surface area contributed by atoms with Crippen LogP contribution >= 0.6 is 11.6 Å². The number of halogens is 1. The topological polar surface area (TPSA) is 167 Å². The van der Waals surface area contributed by atoms with Crippen molar-refractivity contribution in [2.75, 3.05) is 20.6 Å². The molecule has 10 nitrogen and oxygen atoms in total. The van der Waals surface area contributed by atoms with Crippen molar-refractivity contribution >= 4 is 40.6 Å². The first kappa shape index (κ1) is 28.9. The van der Waals surface area contributed by atoms with Crippen LogP contribution in [0.1, 0.15) is 60.0 Å². The molecule has 0 saturated heterocycles. The minimum absolute atomic E-state index is 0.00879. The first-order chi connectivity index (χ1) is 18.9. The molecule has 1 aromatic rings. The van der Waals surface area contributed by atoms with E-state index < -0.39 is 64.4 Å². The van der Waals surface area contributed by atoms with Crippen molar-refractivity contribution in [3.63, 3.8) is 0 Å². The predicted molar refractivity (Wildman–Crippen MR) is 145 cm³/mol. The monoisotopic (exact) mass is 573 g/mol. The molecule has 40 heavy (non-hydrogen) atoms. The summed E-state index contributed by atoms with van der Waals surface area (Å²) in [4.78, 5) is 67.6. The van der Waals surface area contributed by atoms with Crippen molar-refractivity contribution in [2.24, 2.45) is 35.3 Å². The molecule has 4 aliphatic carbocycles. The minimum Gasteiger partial charge on any atom is -0.507 e. The number of likely N-dealkylation sites (N-methyl/N-ethyl adjacent to an activating group) is 1. The number of hydrogen-bond acceptors (Lipinski definition) is 9. The van der Waals surface area contributed by atoms with Gasteiger partial charge in [-0.1, -0.05) is 30.9 Å². The van der Waals surface area contributed by atoms with Crippen LogP contribution < -0.4 is 11.1 Å². The van der Waals surface area contributed by atoms with Gasteiger partial charge in [0.1, 0.15) is 5.75 Å². The summed E-state index contributed by atoms with van der Waals surface area (Å²) in [6, 6.07) is 0.286. The number of fused-ring (bicyclic) bond motifs is 3. The van der Waals surface area contributed by atoms with Crippen molar-refractivity contribution in [1.82, 2.24) is 10.2 Å². The zero-order valence-electron chi connectivity index (χ0n) is 22.7. The Balaban J connectivity index is 1.48. The van der Waals surface area contributed by atoms with Crippen LogP contribution in [0, 0.1) is 29.6 Å². The zero-order valence-corrected chi connectivity index (χ0v) is 23.5. The Labute approximate surface area is 237 Å². The summed E-state index contributed by atoms with van der Waals surface area (Å²) in [5.41, 5.74) is 3.58. The SMILES string of the molecule is CN(C)[C@@H]1C(=O)C(C(N)=O)C(=O)[C@@]2(O)C(=O)C3C(=O)c4c(O)cc(CNCC5CCCCC5)c(Cl)c4C[C@H]3C[C@@H]12. The summed E-state index contributed by atoms with van der Waals surface area (Å²) < 4.78 is 0. The molecule has 0 aromatic heterocycles. The maximum absolute atomic E-state index is 13.8. The number of phenols is 1. The first-order valence-corrected chi connectivity index (χ1v) is 14.4. The Bertz CT molecular complexity index is 1290. The summed E-state index contributed by atoms with van der Waals surface area (Å²) in [6.45, 7) is 1.23. The number of nitrogens with one attached hydrogen (secondary N) is 1. The zero-order chi connectivity index (χ0) is 29.1. The van der Waals surface area contributed by atoms with Crippen molar-refractivity contribution in [2.45, 2.75) is 63.1 Å². The Kier molecular flexibility index (Phi) is 7.67. The molecule has 6 atom stereocenters. The number of carbonyl (C=O) groups is 5. The largest absolute Gasteiger partial charge is 0.507 e. The van der Waals surface area contributed by atoms with E-state index in [1.165, 1.54) is 43.1 Å². The van der Waals surface area contributed by atoms with Gasteiger partial charge in [-0.2, -0.15) is 0 Å². The minimum atomic E-state index is -2.74. The maximum Gasteiger partial charge on any atom is 0.235 e. The molecular weight excluding hydrogens is 538 g/mol. The normalized spacial score (nSPS) is 32.6. The van der Waals surface area contributed by atoms with Crippen LogP contribution in [0.4, 0.5) is 0 Å². The third-order valence-corrected chi connectivity index (χ3v) is 10.0. The third kappa shape index (κ3) is 4.40. The van der Waals surface area contributed by atoms with Gasteiger partial charge in [0.2, 0.25) is 5.91 Å². The predicted octanol–water partition coefficient (Wildman–Crippen LogP) is 1.19. The Morgan fingerprint density at radius 3 is 2.45 bits per heavy atom. The van der Waals surface area contributed by atoms with E-state index in [1.807, 2.05) is 0 Å². The summed E-state index contributed by atoms with van der Waals surface area (Å²) in [5, 5.41) is 26.3. The van der Waals surface area contributed by atoms with Crippen LogP contribution in [-0.4, -0.2) is 76.4 Å². The molecule has 0 bridgehead atoms. The lowest BCUT2D eigenvalue weighted by atomic mass is 9.52. The molecular formula is C29H36ClN3O7. The van der Waals surface area contributed by atoms with Crippen molar-refractivity contribution in [1.29, 1.82) is 0 Å². The summed E-state index contributed by atoms with van der Waals surface area (Å²) in [6.07, 6.45) is 6.20. The van der Waals surface area contributed by atoms with Gasteiger partial charge in [-0.3, -0.25) is 28.9 Å². The van der Waals surface area contributed by atoms with Crippen molar-refractivity contribution in [3.05, 3.63) is 27.8 Å². The number of phenolic OH excluding ortho intramolecular Hbond substituents is 1. The number of primary amides is 1. The molecule has 0 radical (unpaired) electrons. The average Bonchev–Trinajstić information content (AvgIpc) is 2.89. The number of ketones is 4. The summed E-state index contributed by atoms with van der Waals surface area (Å²) in [5.74, 6) is -10.1. The van der Waals surface area contributed by atoms with Crippen molar-refractivity contribution in [3.8, 4) is 5.75 Å². The van der Waals surface area contributed by atoms with Gasteiger partial charge in [-0.25, -0.2) is 0 Å². The number of carbonyl (C=O) groups excluding carboxylic acids is 5. The van der Waals surface area contributed by atoms with Gasteiger partial charge >= 0.3 is 0 Å². The number of Topliss-reactive ketones (excluding diaryl/α,β-unsaturated/α-hetero) is 4. The van der Waals surface area contributed by atoms with E-state index in [2.05, 4.69) is 5.32 Å². The van der Waals surface area contributed by atoms with E-state index in [0.29, 0.717) is 28.6 Å². The first-order valence-electron chi connectivity index (χ1n) is 14.0. The molecule has 5 rings (SSSR count). The van der Waals surface area contributed by atoms with Crippen molar-refractivity contribution < 1.29 is 34.2 Å². The smallest absolute Gasteiger partial charge is 0.235 e. The van der Waals surface area contributed by atoms with Gasteiger partial charge in [0.15, 0.2) is 34.7 Å². The standard InChI is InChI=1S/C29H36ClN3O7/c1-33(2)23-17-9-14-8-16-20(18(34)10-15(22(16)30)12-32-11-13-6-4-3-5-7-13)24(35)19(14)26(37)29(17,40)27(38)21(25(23)36)28(31)39/h10,13-14,17,19,21,23,32,34,40H,3-9,11-12H2,1-2H3,(H2,31,39)/t14-,17-,19?,21?,23-,29-/m0/s1. The molecule has 5 N–H and O–H groups in total. The van der Waals surface area contributed by atoms with E-state index >= 15 is 0 Å². The average molecular weight is 574 g/mol. The van der Waals surface area contributed by atoms with Gasteiger partial charge < -0.3 is 21.3 Å². The summed E-state index contributed by atoms with van der Waals surface area (Å²) >= 11 is 6.79. The second-order valence-electron chi connectivity index (χ2n) is 12.1. The highest BCUT2D eigenvalue weighted by Crippen LogP contribution is 2.51. The van der Waals surface area contributed by atoms with E-state index in [4.69, 9.17) is 17.3 Å². The second-order valence-corrected chi connectivity index (χ2v) is 12.5. The molecule has 1 aromatic carbocycles. The number of hydrogen-bond donors (Lipinski definition) is 4. The Hall–Kier alpha value is -2.66. The molecule has 216 valence electrons. The van der Waals surface area contributed by atoms with Gasteiger partial charge in [-0.05, 0) is 75.4 Å². The Morgan fingerprint density at radius 1 is 1.15 bits per heavy atom. The van der Waals surface area contributed by atoms with E-state index in [-0.39, 0.29) is 24.2 Å². The summed E-state index contributed by atoms with van der Waals surface area (Å²) in [7, 11) is 3.10. The number of aliphatic hydroxyl groups is 1. The molecule has 3 saturated carbocycles. The highest BCUT2D eigenvalue weighted by Gasteiger charge is 2.69. The third-order valence-electron chi connectivity index (χ3n) is 9.54. The van der Waals surface area contributed by atoms with Crippen LogP contribution in [0.3, 0.4) is 0 Å². The fourth-order valence-corrected chi connectivity index (χ4v) is 7.93. The fraction of sp³-hybridized carbons (Fsp3) is 0.621. The number of nitrogens with two attached hydrogens (primary N) is 1. The second kappa shape index (κ2) is 10.6. The quantitative estimate of drug-likeness (QED) is 0.365. The number of benzene rings is 1. The molecule has 4 aliphatic rings. The number of amides is 1. The van der Waals surface area contributed by atoms with Crippen LogP contribution in [0.2, 0.25) is 5.02 Å². The Morgan fingerprint density at radius 2 is 1.82 bits per heavy atom. The molecule has 11 heteroatoms. The van der Waals surface area contributed by atoms with Crippen LogP contribution in [0.25, 0.3) is 0 Å². The number of rotatable bonds is 6.